The quantitative estimate of drug-likeness (QED) is 0.868. The van der Waals surface area contributed by atoms with E-state index >= 15 is 0 Å². The van der Waals surface area contributed by atoms with Crippen LogP contribution >= 0.6 is 0 Å². The van der Waals surface area contributed by atoms with E-state index in [1.165, 1.54) is 5.56 Å². The molecular weight excluding hydrogens is 227 g/mol. The van der Waals surface area contributed by atoms with E-state index in [0.717, 1.165) is 30.6 Å². The van der Waals surface area contributed by atoms with E-state index in [0.29, 0.717) is 0 Å². The van der Waals surface area contributed by atoms with Gasteiger partial charge < -0.3 is 5.32 Å². The maximum atomic E-state index is 13.4. The highest BCUT2D eigenvalue weighted by atomic mass is 19.1. The van der Waals surface area contributed by atoms with Crippen LogP contribution in [0, 0.1) is 5.82 Å². The van der Waals surface area contributed by atoms with Crippen LogP contribution in [0.1, 0.15) is 30.0 Å². The summed E-state index contributed by atoms with van der Waals surface area (Å²) in [7, 11) is 0. The van der Waals surface area contributed by atoms with E-state index in [2.05, 4.69) is 10.3 Å². The first-order chi connectivity index (χ1) is 8.83. The van der Waals surface area contributed by atoms with Gasteiger partial charge in [-0.15, -0.1) is 0 Å². The van der Waals surface area contributed by atoms with Crippen LogP contribution in [0.2, 0.25) is 0 Å². The second-order valence-electron chi connectivity index (χ2n) is 4.65. The van der Waals surface area contributed by atoms with Crippen molar-refractivity contribution in [3.05, 3.63) is 59.5 Å². The predicted octanol–water partition coefficient (Wildman–Crippen LogP) is 3.71. The fraction of sp³-hybridized carbons (Fsp3) is 0.267. The minimum absolute atomic E-state index is 0.163. The van der Waals surface area contributed by atoms with Crippen molar-refractivity contribution in [3.63, 3.8) is 0 Å². The standard InChI is InChI=1S/C15H15FN2/c16-12-8-7-11-4-3-5-14(13(11)10-12)18-15-6-1-2-9-17-15/h1-2,6-10,14H,3-5H2,(H,17,18). The number of rotatable bonds is 2. The Morgan fingerprint density at radius 1 is 1.22 bits per heavy atom. The molecule has 1 N–H and O–H groups in total. The van der Waals surface area contributed by atoms with Crippen LogP contribution in [0.5, 0.6) is 0 Å². The molecule has 2 nitrogen and oxygen atoms in total. The van der Waals surface area contributed by atoms with Gasteiger partial charge in [-0.3, -0.25) is 0 Å². The molecule has 2 aromatic rings. The Hall–Kier alpha value is -1.90. The van der Waals surface area contributed by atoms with E-state index in [1.807, 2.05) is 24.3 Å². The monoisotopic (exact) mass is 242 g/mol. The molecule has 0 saturated carbocycles. The second kappa shape index (κ2) is 4.77. The number of hydrogen-bond donors (Lipinski definition) is 1. The Morgan fingerprint density at radius 2 is 2.17 bits per heavy atom. The molecule has 0 saturated heterocycles. The summed E-state index contributed by atoms with van der Waals surface area (Å²) in [5.74, 6) is 0.683. The zero-order valence-corrected chi connectivity index (χ0v) is 10.1. The zero-order valence-electron chi connectivity index (χ0n) is 10.1. The SMILES string of the molecule is Fc1ccc2c(c1)C(Nc1ccccn1)CCC2. The van der Waals surface area contributed by atoms with Crippen LogP contribution < -0.4 is 5.32 Å². The van der Waals surface area contributed by atoms with Gasteiger partial charge >= 0.3 is 0 Å². The summed E-state index contributed by atoms with van der Waals surface area (Å²) in [6, 6.07) is 11.0. The van der Waals surface area contributed by atoms with E-state index < -0.39 is 0 Å². The van der Waals surface area contributed by atoms with Crippen LogP contribution in [0.3, 0.4) is 0 Å². The van der Waals surface area contributed by atoms with Crippen LogP contribution in [0.4, 0.5) is 10.2 Å². The molecule has 1 heterocycles. The molecule has 0 fully saturated rings. The molecule has 3 heteroatoms. The number of halogens is 1. The number of aromatic nitrogens is 1. The van der Waals surface area contributed by atoms with Crippen molar-refractivity contribution < 1.29 is 4.39 Å². The number of nitrogens with one attached hydrogen (secondary N) is 1. The summed E-state index contributed by atoms with van der Waals surface area (Å²) < 4.78 is 13.4. The average molecular weight is 242 g/mol. The number of nitrogens with zero attached hydrogens (tertiary/aromatic N) is 1. The Morgan fingerprint density at radius 3 is 3.00 bits per heavy atom. The number of hydrogen-bond acceptors (Lipinski definition) is 2. The van der Waals surface area contributed by atoms with Gasteiger partial charge in [-0.2, -0.15) is 0 Å². The third-order valence-electron chi connectivity index (χ3n) is 3.41. The first-order valence-electron chi connectivity index (χ1n) is 6.29. The van der Waals surface area contributed by atoms with Crippen molar-refractivity contribution in [3.8, 4) is 0 Å². The van der Waals surface area contributed by atoms with Crippen LogP contribution in [0.15, 0.2) is 42.6 Å². The molecule has 0 amide bonds. The molecule has 0 bridgehead atoms. The lowest BCUT2D eigenvalue weighted by atomic mass is 9.87. The Kier molecular flexibility index (Phi) is 2.97. The van der Waals surface area contributed by atoms with Gasteiger partial charge in [0.1, 0.15) is 11.6 Å². The van der Waals surface area contributed by atoms with E-state index in [4.69, 9.17) is 0 Å². The molecule has 0 aliphatic heterocycles. The fourth-order valence-corrected chi connectivity index (χ4v) is 2.55. The van der Waals surface area contributed by atoms with Gasteiger partial charge in [0.15, 0.2) is 0 Å². The second-order valence-corrected chi connectivity index (χ2v) is 4.65. The molecule has 0 radical (unpaired) electrons. The number of anilines is 1. The van der Waals surface area contributed by atoms with E-state index in [1.54, 1.807) is 18.3 Å². The van der Waals surface area contributed by atoms with Crippen LogP contribution in [-0.4, -0.2) is 4.98 Å². The van der Waals surface area contributed by atoms with Crippen molar-refractivity contribution in [2.24, 2.45) is 0 Å². The van der Waals surface area contributed by atoms with E-state index in [-0.39, 0.29) is 11.9 Å². The lowest BCUT2D eigenvalue weighted by Crippen LogP contribution is -2.18. The number of pyridine rings is 1. The molecule has 92 valence electrons. The van der Waals surface area contributed by atoms with Crippen molar-refractivity contribution in [1.82, 2.24) is 4.98 Å². The molecule has 1 aromatic heterocycles. The van der Waals surface area contributed by atoms with Crippen molar-refractivity contribution in [1.29, 1.82) is 0 Å². The van der Waals surface area contributed by atoms with Crippen molar-refractivity contribution in [2.75, 3.05) is 5.32 Å². The van der Waals surface area contributed by atoms with Gasteiger partial charge in [-0.1, -0.05) is 12.1 Å². The maximum Gasteiger partial charge on any atom is 0.126 e. The van der Waals surface area contributed by atoms with Crippen LogP contribution in [-0.2, 0) is 6.42 Å². The molecule has 1 unspecified atom stereocenters. The predicted molar refractivity (Wildman–Crippen MR) is 69.9 cm³/mol. The molecule has 18 heavy (non-hydrogen) atoms. The highest BCUT2D eigenvalue weighted by molar-refractivity contribution is 5.41. The smallest absolute Gasteiger partial charge is 0.126 e. The zero-order chi connectivity index (χ0) is 12.4. The first kappa shape index (κ1) is 11.2. The number of aryl methyl sites for hydroxylation is 1. The van der Waals surface area contributed by atoms with Gasteiger partial charge in [0.2, 0.25) is 0 Å². The molecule has 0 spiro atoms. The Labute approximate surface area is 106 Å². The highest BCUT2D eigenvalue weighted by Gasteiger charge is 2.20. The Balaban J connectivity index is 1.89. The Bertz CT molecular complexity index is 539. The van der Waals surface area contributed by atoms with Gasteiger partial charge in [-0.25, -0.2) is 9.37 Å². The summed E-state index contributed by atoms with van der Waals surface area (Å²) in [4.78, 5) is 4.26. The summed E-state index contributed by atoms with van der Waals surface area (Å²) >= 11 is 0. The molecule has 1 aliphatic carbocycles. The minimum Gasteiger partial charge on any atom is -0.363 e. The third-order valence-corrected chi connectivity index (χ3v) is 3.41. The first-order valence-corrected chi connectivity index (χ1v) is 6.29. The maximum absolute atomic E-state index is 13.4. The van der Waals surface area contributed by atoms with Gasteiger partial charge in [0, 0.05) is 6.20 Å². The molecule has 1 aromatic carbocycles. The topological polar surface area (TPSA) is 24.9 Å². The summed E-state index contributed by atoms with van der Waals surface area (Å²) in [6.07, 6.45) is 4.95. The highest BCUT2D eigenvalue weighted by Crippen LogP contribution is 2.32. The summed E-state index contributed by atoms with van der Waals surface area (Å²) in [5, 5.41) is 3.39. The minimum atomic E-state index is -0.163. The molecule has 1 atom stereocenters. The average Bonchev–Trinajstić information content (AvgIpc) is 2.41. The lowest BCUT2D eigenvalue weighted by molar-refractivity contribution is 0.579. The van der Waals surface area contributed by atoms with Crippen LogP contribution in [0.25, 0.3) is 0 Å². The van der Waals surface area contributed by atoms with Crippen molar-refractivity contribution >= 4 is 5.82 Å². The molecular formula is C15H15FN2. The van der Waals surface area contributed by atoms with Gasteiger partial charge in [0.05, 0.1) is 6.04 Å². The normalized spacial score (nSPS) is 18.2. The fourth-order valence-electron chi connectivity index (χ4n) is 2.55. The third kappa shape index (κ3) is 2.21. The molecule has 1 aliphatic rings. The largest absolute Gasteiger partial charge is 0.363 e. The summed E-state index contributed by atoms with van der Waals surface area (Å²) in [6.45, 7) is 0. The van der Waals surface area contributed by atoms with E-state index in [9.17, 15) is 4.39 Å². The molecule has 3 rings (SSSR count). The number of benzene rings is 1. The summed E-state index contributed by atoms with van der Waals surface area (Å²) in [5.41, 5.74) is 2.32. The lowest BCUT2D eigenvalue weighted by Gasteiger charge is -2.26. The van der Waals surface area contributed by atoms with Crippen molar-refractivity contribution in [2.45, 2.75) is 25.3 Å². The van der Waals surface area contributed by atoms with Gasteiger partial charge in [0.25, 0.3) is 0 Å². The number of fused-ring (bicyclic) bond motifs is 1. The van der Waals surface area contributed by atoms with Gasteiger partial charge in [-0.05, 0) is 54.7 Å².